The number of pyridine rings is 4. The Hall–Kier alpha value is -6.97. The zero-order valence-electron chi connectivity index (χ0n) is 30.9. The van der Waals surface area contributed by atoms with E-state index in [4.69, 9.17) is 15.0 Å². The van der Waals surface area contributed by atoms with Gasteiger partial charge in [-0.2, -0.15) is 8.78 Å². The topological polar surface area (TPSA) is 126 Å². The van der Waals surface area contributed by atoms with Crippen LogP contribution in [0.3, 0.4) is 0 Å². The summed E-state index contributed by atoms with van der Waals surface area (Å²) in [6.07, 6.45) is -0.620. The molecule has 9 aromatic rings. The van der Waals surface area contributed by atoms with Gasteiger partial charge in [-0.15, -0.1) is 0 Å². The number of aromatic nitrogens is 8. The Morgan fingerprint density at radius 3 is 1.92 bits per heavy atom. The first-order valence-corrected chi connectivity index (χ1v) is 20.3. The molecule has 0 atom stereocenters. The van der Waals surface area contributed by atoms with Crippen LogP contribution in [0.1, 0.15) is 11.4 Å². The third kappa shape index (κ3) is 8.24. The number of anilines is 1. The molecule has 0 unspecified atom stereocenters. The highest BCUT2D eigenvalue weighted by Gasteiger charge is 2.42. The fraction of sp³-hybridized carbons (Fsp3) is 0.0682. The van der Waals surface area contributed by atoms with Crippen molar-refractivity contribution in [1.29, 1.82) is 0 Å². The predicted octanol–water partition coefficient (Wildman–Crippen LogP) is 9.81. The molecule has 0 radical (unpaired) electrons. The number of carbonyl (C=O) groups is 1. The first-order chi connectivity index (χ1) is 28.9. The van der Waals surface area contributed by atoms with E-state index in [1.54, 1.807) is 42.4 Å². The molecule has 6 heterocycles. The normalized spacial score (nSPS) is 11.6. The number of ether oxygens (including phenoxy) is 1. The molecule has 15 heteroatoms. The summed E-state index contributed by atoms with van der Waals surface area (Å²) in [5.41, 5.74) is 6.57. The summed E-state index contributed by atoms with van der Waals surface area (Å²) in [4.78, 5) is 41.1. The maximum absolute atomic E-state index is 14.6. The molecule has 290 valence electrons. The van der Waals surface area contributed by atoms with Crippen molar-refractivity contribution < 1.29 is 18.3 Å². The molecule has 59 heavy (non-hydrogen) atoms. The monoisotopic (exact) mass is 819 g/mol. The third-order valence-corrected chi connectivity index (χ3v) is 11.0. The molecule has 0 fully saturated rings. The van der Waals surface area contributed by atoms with Crippen LogP contribution >= 0.6 is 23.5 Å². The molecule has 9 rings (SSSR count). The summed E-state index contributed by atoms with van der Waals surface area (Å²) in [5.74, 6) is 0.564. The van der Waals surface area contributed by atoms with Crippen LogP contribution in [0.15, 0.2) is 168 Å². The number of fused-ring (bicyclic) bond motifs is 2. The van der Waals surface area contributed by atoms with Crippen molar-refractivity contribution in [2.75, 3.05) is 5.32 Å². The number of para-hydroxylation sites is 3. The number of hydrogen-bond acceptors (Lipinski definition) is 10. The van der Waals surface area contributed by atoms with Gasteiger partial charge in [-0.3, -0.25) is 18.9 Å². The van der Waals surface area contributed by atoms with Gasteiger partial charge in [-0.25, -0.2) is 24.9 Å². The minimum atomic E-state index is -4.11. The lowest BCUT2D eigenvalue weighted by molar-refractivity contribution is -0.187. The second kappa shape index (κ2) is 16.5. The molecule has 0 aliphatic carbocycles. The number of carbonyl (C=O) groups excluding carboxylic acids is 1. The summed E-state index contributed by atoms with van der Waals surface area (Å²) in [7, 11) is 0. The molecule has 11 nitrogen and oxygen atoms in total. The van der Waals surface area contributed by atoms with E-state index >= 15 is 0 Å². The highest BCUT2D eigenvalue weighted by atomic mass is 32.2. The number of nitrogens with one attached hydrogen (secondary N) is 1. The lowest BCUT2D eigenvalue weighted by Gasteiger charge is -2.17. The first-order valence-electron chi connectivity index (χ1n) is 18.3. The number of benzene rings is 3. The van der Waals surface area contributed by atoms with Gasteiger partial charge in [0.1, 0.15) is 23.2 Å². The zero-order valence-corrected chi connectivity index (χ0v) is 32.5. The van der Waals surface area contributed by atoms with E-state index in [0.717, 1.165) is 50.0 Å². The summed E-state index contributed by atoms with van der Waals surface area (Å²) in [6, 6.07) is 43.7. The molecule has 0 aliphatic heterocycles. The Morgan fingerprint density at radius 2 is 1.22 bits per heavy atom. The van der Waals surface area contributed by atoms with E-state index < -0.39 is 12.0 Å². The van der Waals surface area contributed by atoms with Gasteiger partial charge in [0.05, 0.1) is 39.1 Å². The largest absolute Gasteiger partial charge is 0.482 e. The molecule has 0 saturated heterocycles. The maximum Gasteiger partial charge on any atom is 0.482 e. The van der Waals surface area contributed by atoms with Crippen molar-refractivity contribution in [3.63, 3.8) is 0 Å². The Labute approximate surface area is 344 Å². The van der Waals surface area contributed by atoms with Crippen molar-refractivity contribution in [3.8, 4) is 28.6 Å². The van der Waals surface area contributed by atoms with Crippen LogP contribution in [0.4, 0.5) is 14.6 Å². The summed E-state index contributed by atoms with van der Waals surface area (Å²) >= 11 is 3.00. The molecule has 0 aliphatic rings. The molecular formula is C44H31F2N9O2S2. The number of imidazole rings is 2. The number of halogens is 2. The Bertz CT molecular complexity index is 2910. The zero-order chi connectivity index (χ0) is 40.2. The minimum Gasteiger partial charge on any atom is -0.425 e. The maximum atomic E-state index is 14.6. The van der Waals surface area contributed by atoms with Gasteiger partial charge in [0.2, 0.25) is 0 Å². The smallest absolute Gasteiger partial charge is 0.425 e. The number of nitrogens with zero attached hydrogens (tertiary/aromatic N) is 8. The van der Waals surface area contributed by atoms with Crippen LogP contribution in [-0.2, 0) is 16.3 Å². The molecule has 0 saturated carbocycles. The number of rotatable bonds is 13. The fourth-order valence-electron chi connectivity index (χ4n) is 6.32. The van der Waals surface area contributed by atoms with E-state index in [9.17, 15) is 13.6 Å². The van der Waals surface area contributed by atoms with Crippen molar-refractivity contribution in [2.45, 2.75) is 27.9 Å². The van der Waals surface area contributed by atoms with Gasteiger partial charge in [-0.1, -0.05) is 84.2 Å². The van der Waals surface area contributed by atoms with Crippen LogP contribution in [0.5, 0.6) is 5.75 Å². The van der Waals surface area contributed by atoms with Crippen LogP contribution in [-0.4, -0.2) is 51.1 Å². The second-order valence-electron chi connectivity index (χ2n) is 13.0. The fourth-order valence-corrected chi connectivity index (χ4v) is 8.17. The van der Waals surface area contributed by atoms with E-state index in [2.05, 4.69) is 29.6 Å². The number of amides is 1. The first kappa shape index (κ1) is 37.6. The van der Waals surface area contributed by atoms with Crippen molar-refractivity contribution in [3.05, 3.63) is 169 Å². The quantitative estimate of drug-likeness (QED) is 0.112. The third-order valence-electron chi connectivity index (χ3n) is 9.01. The van der Waals surface area contributed by atoms with Gasteiger partial charge >= 0.3 is 12.0 Å². The molecule has 1 amide bonds. The average Bonchev–Trinajstić information content (AvgIpc) is 3.84. The SMILES string of the molecule is O=C(Nc1cccc(CSc2nc3ccc(-c4cccc(CSc5nc6ccccc6n5-c5ccccn5)n4)cc3n2-c2ccccn2)n1)C(F)(F)Oc1ccccc1. The number of thioether (sulfide) groups is 2. The lowest BCUT2D eigenvalue weighted by Crippen LogP contribution is -2.40. The van der Waals surface area contributed by atoms with Crippen molar-refractivity contribution in [2.24, 2.45) is 0 Å². The Kier molecular flexibility index (Phi) is 10.5. The molecule has 0 spiro atoms. The van der Waals surface area contributed by atoms with Gasteiger partial charge in [-0.05, 0) is 84.9 Å². The molecule has 0 bridgehead atoms. The van der Waals surface area contributed by atoms with Gasteiger partial charge in [0, 0.05) is 29.5 Å². The van der Waals surface area contributed by atoms with Crippen LogP contribution in [0.2, 0.25) is 0 Å². The highest BCUT2D eigenvalue weighted by Crippen LogP contribution is 2.33. The Balaban J connectivity index is 0.952. The molecular weight excluding hydrogens is 789 g/mol. The van der Waals surface area contributed by atoms with Gasteiger partial charge in [0.25, 0.3) is 0 Å². The molecule has 6 aromatic heterocycles. The average molecular weight is 820 g/mol. The van der Waals surface area contributed by atoms with Crippen molar-refractivity contribution in [1.82, 2.24) is 39.0 Å². The van der Waals surface area contributed by atoms with Crippen LogP contribution in [0.25, 0.3) is 45.0 Å². The van der Waals surface area contributed by atoms with Crippen LogP contribution < -0.4 is 10.1 Å². The van der Waals surface area contributed by atoms with E-state index in [-0.39, 0.29) is 11.6 Å². The van der Waals surface area contributed by atoms with Crippen LogP contribution in [0, 0.1) is 0 Å². The lowest BCUT2D eigenvalue weighted by atomic mass is 10.1. The second-order valence-corrected chi connectivity index (χ2v) is 14.9. The molecule has 1 N–H and O–H groups in total. The van der Waals surface area contributed by atoms with E-state index in [1.807, 2.05) is 102 Å². The van der Waals surface area contributed by atoms with Gasteiger partial charge in [0.15, 0.2) is 10.3 Å². The summed E-state index contributed by atoms with van der Waals surface area (Å²) in [5, 5.41) is 3.64. The van der Waals surface area contributed by atoms with Gasteiger partial charge < -0.3 is 10.1 Å². The van der Waals surface area contributed by atoms with Crippen molar-refractivity contribution >= 4 is 57.3 Å². The summed E-state index contributed by atoms with van der Waals surface area (Å²) in [6.45, 7) is 0. The van der Waals surface area contributed by atoms with E-state index in [1.165, 1.54) is 42.1 Å². The van der Waals surface area contributed by atoms with E-state index in [0.29, 0.717) is 28.2 Å². The Morgan fingerprint density at radius 1 is 0.610 bits per heavy atom. The number of hydrogen-bond donors (Lipinski definition) is 1. The number of alkyl halides is 2. The highest BCUT2D eigenvalue weighted by molar-refractivity contribution is 7.98. The minimum absolute atomic E-state index is 0.0349. The standard InChI is InChI=1S/C44H31F2N9O2S2/c45-44(46,57-32-14-2-1-3-15-32)41(56)53-38-19-11-13-31(50-38)28-59-43-52-35-23-22-29(26-37(35)55(43)40-21-7-9-25-48-40)33-17-10-12-30(49-33)27-58-42-51-34-16-4-5-18-36(34)54(42)39-20-6-8-24-47-39/h1-26H,27-28H2,(H,50,53,56). The molecule has 3 aromatic carbocycles. The predicted molar refractivity (Wildman–Crippen MR) is 225 cm³/mol. The summed E-state index contributed by atoms with van der Waals surface area (Å²) < 4.78 is 37.9.